The van der Waals surface area contributed by atoms with Gasteiger partial charge in [-0.1, -0.05) is 5.92 Å². The number of carbonyl (C=O) groups excluding carboxylic acids is 1. The first kappa shape index (κ1) is 9.32. The highest BCUT2D eigenvalue weighted by Crippen LogP contribution is 2.46. The Morgan fingerprint density at radius 2 is 2.00 bits per heavy atom. The van der Waals surface area contributed by atoms with Crippen LogP contribution in [0.5, 0.6) is 0 Å². The van der Waals surface area contributed by atoms with Crippen molar-refractivity contribution in [1.82, 2.24) is 0 Å². The van der Waals surface area contributed by atoms with Crippen LogP contribution >= 0.6 is 0 Å². The van der Waals surface area contributed by atoms with Crippen LogP contribution in [0.4, 0.5) is 0 Å². The first-order valence-electron chi connectivity index (χ1n) is 4.44. The van der Waals surface area contributed by atoms with E-state index in [9.17, 15) is 4.79 Å². The minimum absolute atomic E-state index is 0.0434. The summed E-state index contributed by atoms with van der Waals surface area (Å²) in [7, 11) is 0. The van der Waals surface area contributed by atoms with E-state index in [0.29, 0.717) is 0 Å². The molecule has 0 radical (unpaired) electrons. The molecule has 1 aliphatic carbocycles. The van der Waals surface area contributed by atoms with Gasteiger partial charge in [-0.25, -0.2) is 0 Å². The van der Waals surface area contributed by atoms with Crippen molar-refractivity contribution in [2.45, 2.75) is 40.0 Å². The van der Waals surface area contributed by atoms with Gasteiger partial charge in [-0.2, -0.15) is 0 Å². The zero-order valence-corrected chi connectivity index (χ0v) is 8.11. The van der Waals surface area contributed by atoms with Gasteiger partial charge in [0.2, 0.25) is 0 Å². The molecule has 0 amide bonds. The van der Waals surface area contributed by atoms with Crippen LogP contribution in [-0.2, 0) is 4.79 Å². The Morgan fingerprint density at radius 1 is 1.42 bits per heavy atom. The maximum absolute atomic E-state index is 10.6. The molecular formula is C11H16O. The van der Waals surface area contributed by atoms with Crippen molar-refractivity contribution >= 4 is 6.29 Å². The average molecular weight is 164 g/mol. The van der Waals surface area contributed by atoms with Crippen LogP contribution in [0.3, 0.4) is 0 Å². The molecule has 0 aliphatic heterocycles. The Morgan fingerprint density at radius 3 is 2.33 bits per heavy atom. The molecule has 0 aromatic carbocycles. The summed E-state index contributed by atoms with van der Waals surface area (Å²) in [6.07, 6.45) is 3.91. The largest absolute Gasteiger partial charge is 0.303 e. The molecule has 0 heterocycles. The van der Waals surface area contributed by atoms with Crippen molar-refractivity contribution in [1.29, 1.82) is 0 Å². The molecule has 1 nitrogen and oxygen atoms in total. The summed E-state index contributed by atoms with van der Waals surface area (Å²) in [5.41, 5.74) is 0.0250. The third-order valence-electron chi connectivity index (χ3n) is 2.05. The van der Waals surface area contributed by atoms with Crippen molar-refractivity contribution in [3.63, 3.8) is 0 Å². The Bertz CT molecular complexity index is 230. The van der Waals surface area contributed by atoms with Gasteiger partial charge in [0.25, 0.3) is 0 Å². The fourth-order valence-electron chi connectivity index (χ4n) is 0.982. The minimum Gasteiger partial charge on any atom is -0.303 e. The van der Waals surface area contributed by atoms with E-state index < -0.39 is 0 Å². The molecule has 0 saturated heterocycles. The first-order valence-corrected chi connectivity index (χ1v) is 4.44. The number of rotatable bonds is 2. The van der Waals surface area contributed by atoms with Crippen LogP contribution in [0.25, 0.3) is 0 Å². The molecule has 0 aromatic heterocycles. The Kier molecular flexibility index (Phi) is 2.28. The lowest BCUT2D eigenvalue weighted by Crippen LogP contribution is -2.02. The quantitative estimate of drug-likeness (QED) is 0.452. The van der Waals surface area contributed by atoms with E-state index in [2.05, 4.69) is 32.6 Å². The normalized spacial score (nSPS) is 19.2. The number of aldehydes is 1. The van der Waals surface area contributed by atoms with Gasteiger partial charge in [-0.05, 0) is 33.6 Å². The van der Waals surface area contributed by atoms with Gasteiger partial charge < -0.3 is 4.79 Å². The Hall–Kier alpha value is -0.770. The zero-order chi connectivity index (χ0) is 9.24. The summed E-state index contributed by atoms with van der Waals surface area (Å²) < 4.78 is 0. The molecule has 1 saturated carbocycles. The monoisotopic (exact) mass is 164 g/mol. The molecule has 1 heteroatoms. The SMILES string of the molecule is CC(C)(C)C#CCC1(C=O)CC1. The molecular weight excluding hydrogens is 148 g/mol. The maximum atomic E-state index is 10.6. The standard InChI is InChI=1S/C11H16O/c1-10(2,3)5-4-6-11(9-12)7-8-11/h9H,6-8H2,1-3H3. The molecule has 12 heavy (non-hydrogen) atoms. The molecule has 0 atom stereocenters. The fourth-order valence-corrected chi connectivity index (χ4v) is 0.982. The van der Waals surface area contributed by atoms with Gasteiger partial charge in [0.1, 0.15) is 6.29 Å². The van der Waals surface area contributed by atoms with Crippen molar-refractivity contribution in [2.24, 2.45) is 10.8 Å². The Balaban J connectivity index is 2.42. The van der Waals surface area contributed by atoms with Crippen molar-refractivity contribution in [3.8, 4) is 11.8 Å². The van der Waals surface area contributed by atoms with Gasteiger partial charge in [0.05, 0.1) is 0 Å². The average Bonchev–Trinajstić information content (AvgIpc) is 2.67. The van der Waals surface area contributed by atoms with E-state index >= 15 is 0 Å². The predicted octanol–water partition coefficient (Wildman–Crippen LogP) is 2.41. The van der Waals surface area contributed by atoms with E-state index in [1.807, 2.05) is 0 Å². The lowest BCUT2D eigenvalue weighted by atomic mass is 9.96. The van der Waals surface area contributed by atoms with Crippen LogP contribution in [0.2, 0.25) is 0 Å². The first-order chi connectivity index (χ1) is 5.47. The number of hydrogen-bond acceptors (Lipinski definition) is 1. The van der Waals surface area contributed by atoms with E-state index in [0.717, 1.165) is 25.5 Å². The summed E-state index contributed by atoms with van der Waals surface area (Å²) in [6.45, 7) is 6.25. The lowest BCUT2D eigenvalue weighted by Gasteiger charge is -2.07. The Labute approximate surface area is 74.5 Å². The summed E-state index contributed by atoms with van der Waals surface area (Å²) in [5, 5.41) is 0. The third-order valence-corrected chi connectivity index (χ3v) is 2.05. The van der Waals surface area contributed by atoms with Crippen molar-refractivity contribution in [3.05, 3.63) is 0 Å². The second kappa shape index (κ2) is 2.94. The number of carbonyl (C=O) groups is 1. The maximum Gasteiger partial charge on any atom is 0.127 e. The lowest BCUT2D eigenvalue weighted by molar-refractivity contribution is -0.112. The van der Waals surface area contributed by atoms with Crippen LogP contribution in [-0.4, -0.2) is 6.29 Å². The van der Waals surface area contributed by atoms with Crippen LogP contribution in [0.15, 0.2) is 0 Å². The molecule has 1 rings (SSSR count). The molecule has 1 aliphatic rings. The van der Waals surface area contributed by atoms with Gasteiger partial charge in [-0.3, -0.25) is 0 Å². The summed E-state index contributed by atoms with van der Waals surface area (Å²) in [4.78, 5) is 10.6. The molecule has 0 spiro atoms. The van der Waals surface area contributed by atoms with E-state index in [4.69, 9.17) is 0 Å². The molecule has 0 N–H and O–H groups in total. The van der Waals surface area contributed by atoms with E-state index in [-0.39, 0.29) is 10.8 Å². The second-order valence-corrected chi connectivity index (χ2v) is 4.71. The predicted molar refractivity (Wildman–Crippen MR) is 49.6 cm³/mol. The van der Waals surface area contributed by atoms with Gasteiger partial charge >= 0.3 is 0 Å². The summed E-state index contributed by atoms with van der Waals surface area (Å²) in [5.74, 6) is 6.24. The topological polar surface area (TPSA) is 17.1 Å². The zero-order valence-electron chi connectivity index (χ0n) is 8.11. The molecule has 0 aromatic rings. The smallest absolute Gasteiger partial charge is 0.127 e. The highest BCUT2D eigenvalue weighted by molar-refractivity contribution is 5.64. The van der Waals surface area contributed by atoms with Gasteiger partial charge in [0.15, 0.2) is 0 Å². The van der Waals surface area contributed by atoms with Crippen LogP contribution in [0, 0.1) is 22.7 Å². The van der Waals surface area contributed by atoms with Gasteiger partial charge in [-0.15, -0.1) is 5.92 Å². The molecule has 0 unspecified atom stereocenters. The number of hydrogen-bond donors (Lipinski definition) is 0. The molecule has 0 bridgehead atoms. The summed E-state index contributed by atoms with van der Waals surface area (Å²) >= 11 is 0. The minimum atomic E-state index is -0.0434. The van der Waals surface area contributed by atoms with Crippen LogP contribution < -0.4 is 0 Å². The molecule has 66 valence electrons. The fraction of sp³-hybridized carbons (Fsp3) is 0.727. The van der Waals surface area contributed by atoms with Gasteiger partial charge in [0, 0.05) is 17.3 Å². The van der Waals surface area contributed by atoms with Crippen molar-refractivity contribution < 1.29 is 4.79 Å². The van der Waals surface area contributed by atoms with E-state index in [1.54, 1.807) is 0 Å². The van der Waals surface area contributed by atoms with E-state index in [1.165, 1.54) is 0 Å². The second-order valence-electron chi connectivity index (χ2n) is 4.71. The van der Waals surface area contributed by atoms with Crippen LogP contribution in [0.1, 0.15) is 40.0 Å². The summed E-state index contributed by atoms with van der Waals surface area (Å²) in [6, 6.07) is 0. The highest BCUT2D eigenvalue weighted by Gasteiger charge is 2.41. The van der Waals surface area contributed by atoms with Crippen molar-refractivity contribution in [2.75, 3.05) is 0 Å². The third kappa shape index (κ3) is 2.70. The highest BCUT2D eigenvalue weighted by atomic mass is 16.1. The molecule has 1 fully saturated rings.